The highest BCUT2D eigenvalue weighted by atomic mass is 16.5. The quantitative estimate of drug-likeness (QED) is 0.801. The molecule has 5 heteroatoms. The number of ether oxygens (including phenoxy) is 1. The van der Waals surface area contributed by atoms with Crippen LogP contribution in [0.25, 0.3) is 11.1 Å². The highest BCUT2D eigenvalue weighted by Gasteiger charge is 2.32. The number of fused-ring (bicyclic) bond motifs is 1. The van der Waals surface area contributed by atoms with Gasteiger partial charge >= 0.3 is 5.97 Å². The number of hydrogen-bond acceptors (Lipinski definition) is 5. The number of rotatable bonds is 4. The summed E-state index contributed by atoms with van der Waals surface area (Å²) in [5, 5.41) is 0. The number of oxazole rings is 1. The van der Waals surface area contributed by atoms with Crippen molar-refractivity contribution in [1.82, 2.24) is 9.88 Å². The molecule has 1 atom stereocenters. The first kappa shape index (κ1) is 13.1. The Labute approximate surface area is 117 Å². The lowest BCUT2D eigenvalue weighted by Gasteiger charge is -2.20. The molecule has 2 heterocycles. The highest BCUT2D eigenvalue weighted by Crippen LogP contribution is 2.23. The first-order valence-electron chi connectivity index (χ1n) is 7.03. The fraction of sp³-hybridized carbons (Fsp3) is 0.467. The lowest BCUT2D eigenvalue weighted by Crippen LogP contribution is -2.36. The van der Waals surface area contributed by atoms with E-state index in [-0.39, 0.29) is 12.0 Å². The SMILES string of the molecule is CCOC(=O)C1CCCN1Cc1nc2ccccc2o1. The Morgan fingerprint density at radius 3 is 3.15 bits per heavy atom. The van der Waals surface area contributed by atoms with Gasteiger partial charge in [-0.3, -0.25) is 9.69 Å². The van der Waals surface area contributed by atoms with Crippen molar-refractivity contribution in [3.63, 3.8) is 0 Å². The lowest BCUT2D eigenvalue weighted by molar-refractivity contribution is -0.148. The standard InChI is InChI=1S/C15H18N2O3/c1-2-19-15(18)12-7-5-9-17(12)10-14-16-11-6-3-4-8-13(11)20-14/h3-4,6,8,12H,2,5,7,9-10H2,1H3. The van der Waals surface area contributed by atoms with E-state index in [1.165, 1.54) is 0 Å². The Bertz CT molecular complexity index is 575. The molecule has 0 aliphatic carbocycles. The maximum atomic E-state index is 11.9. The average molecular weight is 274 g/mol. The van der Waals surface area contributed by atoms with Gasteiger partial charge in [-0.2, -0.15) is 0 Å². The zero-order chi connectivity index (χ0) is 13.9. The van der Waals surface area contributed by atoms with Crippen molar-refractivity contribution in [2.45, 2.75) is 32.4 Å². The van der Waals surface area contributed by atoms with Crippen LogP contribution in [-0.2, 0) is 16.1 Å². The summed E-state index contributed by atoms with van der Waals surface area (Å²) in [6, 6.07) is 7.53. The van der Waals surface area contributed by atoms with Crippen molar-refractivity contribution in [2.24, 2.45) is 0 Å². The minimum absolute atomic E-state index is 0.138. The number of nitrogens with zero attached hydrogens (tertiary/aromatic N) is 2. The average Bonchev–Trinajstić information content (AvgIpc) is 3.05. The van der Waals surface area contributed by atoms with Gasteiger partial charge in [0.15, 0.2) is 5.58 Å². The smallest absolute Gasteiger partial charge is 0.323 e. The fourth-order valence-electron chi connectivity index (χ4n) is 2.68. The fourth-order valence-corrected chi connectivity index (χ4v) is 2.68. The first-order valence-corrected chi connectivity index (χ1v) is 7.03. The molecular weight excluding hydrogens is 256 g/mol. The van der Waals surface area contributed by atoms with Crippen molar-refractivity contribution < 1.29 is 13.9 Å². The molecule has 1 aliphatic rings. The summed E-state index contributed by atoms with van der Waals surface area (Å²) in [6.45, 7) is 3.68. The van der Waals surface area contributed by atoms with E-state index in [1.807, 2.05) is 31.2 Å². The van der Waals surface area contributed by atoms with E-state index < -0.39 is 0 Å². The van der Waals surface area contributed by atoms with E-state index in [9.17, 15) is 4.79 Å². The number of esters is 1. The molecule has 0 bridgehead atoms. The topological polar surface area (TPSA) is 55.6 Å². The molecule has 106 valence electrons. The summed E-state index contributed by atoms with van der Waals surface area (Å²) in [6.07, 6.45) is 1.85. The van der Waals surface area contributed by atoms with E-state index in [1.54, 1.807) is 0 Å². The predicted octanol–water partition coefficient (Wildman–Crippen LogP) is 2.36. The lowest BCUT2D eigenvalue weighted by atomic mass is 10.2. The molecule has 20 heavy (non-hydrogen) atoms. The highest BCUT2D eigenvalue weighted by molar-refractivity contribution is 5.76. The van der Waals surface area contributed by atoms with E-state index in [0.29, 0.717) is 19.0 Å². The molecule has 1 fully saturated rings. The van der Waals surface area contributed by atoms with Gasteiger partial charge in [0.1, 0.15) is 11.6 Å². The van der Waals surface area contributed by atoms with Gasteiger partial charge in [-0.15, -0.1) is 0 Å². The second kappa shape index (κ2) is 5.63. The van der Waals surface area contributed by atoms with Crippen molar-refractivity contribution >= 4 is 17.1 Å². The third-order valence-corrected chi connectivity index (χ3v) is 3.60. The van der Waals surface area contributed by atoms with Crippen molar-refractivity contribution in [3.05, 3.63) is 30.2 Å². The molecule has 0 spiro atoms. The van der Waals surface area contributed by atoms with Crippen LogP contribution in [0, 0.1) is 0 Å². The van der Waals surface area contributed by atoms with Crippen molar-refractivity contribution in [1.29, 1.82) is 0 Å². The molecule has 1 aromatic carbocycles. The van der Waals surface area contributed by atoms with Crippen LogP contribution in [0.5, 0.6) is 0 Å². The van der Waals surface area contributed by atoms with Gasteiger partial charge < -0.3 is 9.15 Å². The van der Waals surface area contributed by atoms with Gasteiger partial charge in [0.2, 0.25) is 5.89 Å². The second-order valence-corrected chi connectivity index (χ2v) is 4.96. The molecule has 2 aromatic rings. The predicted molar refractivity (Wildman–Crippen MR) is 74.1 cm³/mol. The number of likely N-dealkylation sites (tertiary alicyclic amines) is 1. The zero-order valence-electron chi connectivity index (χ0n) is 11.5. The molecule has 0 radical (unpaired) electrons. The summed E-state index contributed by atoms with van der Waals surface area (Å²) in [7, 11) is 0. The Kier molecular flexibility index (Phi) is 3.69. The maximum absolute atomic E-state index is 11.9. The van der Waals surface area contributed by atoms with Crippen LogP contribution < -0.4 is 0 Å². The van der Waals surface area contributed by atoms with Crippen LogP contribution in [0.2, 0.25) is 0 Å². The number of carbonyl (C=O) groups excluding carboxylic acids is 1. The molecule has 1 unspecified atom stereocenters. The van der Waals surface area contributed by atoms with E-state index in [2.05, 4.69) is 9.88 Å². The summed E-state index contributed by atoms with van der Waals surface area (Å²) >= 11 is 0. The summed E-state index contributed by atoms with van der Waals surface area (Å²) in [5.41, 5.74) is 1.64. The molecule has 1 aliphatic heterocycles. The third-order valence-electron chi connectivity index (χ3n) is 3.60. The van der Waals surface area contributed by atoms with Crippen molar-refractivity contribution in [2.75, 3.05) is 13.2 Å². The van der Waals surface area contributed by atoms with Gasteiger partial charge in [0.25, 0.3) is 0 Å². The molecule has 0 saturated carbocycles. The van der Waals surface area contributed by atoms with Gasteiger partial charge in [-0.25, -0.2) is 4.98 Å². The molecule has 3 rings (SSSR count). The molecule has 1 saturated heterocycles. The van der Waals surface area contributed by atoms with Gasteiger partial charge in [-0.05, 0) is 38.4 Å². The minimum atomic E-state index is -0.162. The van der Waals surface area contributed by atoms with Gasteiger partial charge in [0.05, 0.1) is 13.2 Å². The first-order chi connectivity index (χ1) is 9.78. The van der Waals surface area contributed by atoms with Gasteiger partial charge in [-0.1, -0.05) is 12.1 Å². The maximum Gasteiger partial charge on any atom is 0.323 e. The van der Waals surface area contributed by atoms with Crippen LogP contribution in [0.4, 0.5) is 0 Å². The van der Waals surface area contributed by atoms with Crippen LogP contribution in [0.15, 0.2) is 28.7 Å². The largest absolute Gasteiger partial charge is 0.465 e. The molecule has 1 aromatic heterocycles. The molecular formula is C15H18N2O3. The molecule has 5 nitrogen and oxygen atoms in total. The Balaban J connectivity index is 1.74. The van der Waals surface area contributed by atoms with Gasteiger partial charge in [0, 0.05) is 0 Å². The van der Waals surface area contributed by atoms with Crippen LogP contribution in [0.1, 0.15) is 25.7 Å². The molecule has 0 N–H and O–H groups in total. The van der Waals surface area contributed by atoms with Crippen LogP contribution in [0.3, 0.4) is 0 Å². The monoisotopic (exact) mass is 274 g/mol. The minimum Gasteiger partial charge on any atom is -0.465 e. The normalized spacial score (nSPS) is 19.6. The second-order valence-electron chi connectivity index (χ2n) is 4.96. The zero-order valence-corrected chi connectivity index (χ0v) is 11.5. The number of carbonyl (C=O) groups is 1. The summed E-state index contributed by atoms with van der Waals surface area (Å²) in [5.74, 6) is 0.517. The number of benzene rings is 1. The Morgan fingerprint density at radius 2 is 2.35 bits per heavy atom. The van der Waals surface area contributed by atoms with E-state index >= 15 is 0 Å². The Morgan fingerprint density at radius 1 is 1.50 bits per heavy atom. The van der Waals surface area contributed by atoms with E-state index in [0.717, 1.165) is 30.5 Å². The summed E-state index contributed by atoms with van der Waals surface area (Å²) < 4.78 is 10.8. The van der Waals surface area contributed by atoms with Crippen LogP contribution in [-0.4, -0.2) is 35.0 Å². The number of aromatic nitrogens is 1. The van der Waals surface area contributed by atoms with Crippen molar-refractivity contribution in [3.8, 4) is 0 Å². The Hall–Kier alpha value is -1.88. The van der Waals surface area contributed by atoms with Crippen LogP contribution >= 0.6 is 0 Å². The van der Waals surface area contributed by atoms with E-state index in [4.69, 9.17) is 9.15 Å². The number of hydrogen-bond donors (Lipinski definition) is 0. The summed E-state index contributed by atoms with van der Waals surface area (Å²) in [4.78, 5) is 18.4. The third kappa shape index (κ3) is 2.54. The number of para-hydroxylation sites is 2. The molecule has 0 amide bonds.